The van der Waals surface area contributed by atoms with Gasteiger partial charge >= 0.3 is 6.03 Å². The Morgan fingerprint density at radius 2 is 1.92 bits per heavy atom. The highest BCUT2D eigenvalue weighted by molar-refractivity contribution is 7.15. The molecule has 24 heavy (non-hydrogen) atoms. The highest BCUT2D eigenvalue weighted by Gasteiger charge is 2.20. The molecule has 2 aromatic rings. The number of nitrogens with one attached hydrogen (secondary N) is 1. The molecule has 2 N–H and O–H groups in total. The first-order valence-electron chi connectivity index (χ1n) is 8.02. The van der Waals surface area contributed by atoms with Gasteiger partial charge in [0.1, 0.15) is 5.01 Å². The Kier molecular flexibility index (Phi) is 5.96. The predicted octanol–water partition coefficient (Wildman–Crippen LogP) is 3.51. The molecule has 2 rings (SSSR count). The maximum absolute atomic E-state index is 12.2. The lowest BCUT2D eigenvalue weighted by atomic mass is 10.2. The van der Waals surface area contributed by atoms with Crippen molar-refractivity contribution in [2.24, 2.45) is 0 Å². The van der Waals surface area contributed by atoms with Crippen LogP contribution in [0.5, 0.6) is 0 Å². The second kappa shape index (κ2) is 7.77. The average molecular weight is 347 g/mol. The number of hydrogen-bond acceptors (Lipinski definition) is 4. The summed E-state index contributed by atoms with van der Waals surface area (Å²) in [6, 6.07) is 7.72. The number of rotatable bonds is 5. The van der Waals surface area contributed by atoms with E-state index in [0.717, 1.165) is 21.1 Å². The smallest absolute Gasteiger partial charge is 0.317 e. The maximum Gasteiger partial charge on any atom is 0.317 e. The molecule has 2 unspecified atom stereocenters. The molecule has 6 heteroatoms. The number of likely N-dealkylation sites (N-methyl/N-ethyl adjacent to an activating group) is 1. The second-order valence-electron chi connectivity index (χ2n) is 6.15. The van der Waals surface area contributed by atoms with Gasteiger partial charge in [0, 0.05) is 12.6 Å². The summed E-state index contributed by atoms with van der Waals surface area (Å²) >= 11 is 1.60. The highest BCUT2D eigenvalue weighted by atomic mass is 32.1. The molecule has 0 fully saturated rings. The minimum absolute atomic E-state index is 0.0601. The summed E-state index contributed by atoms with van der Waals surface area (Å²) in [7, 11) is 1.68. The Morgan fingerprint density at radius 3 is 2.50 bits per heavy atom. The third-order valence-electron chi connectivity index (χ3n) is 4.11. The minimum Gasteiger partial charge on any atom is -0.394 e. The van der Waals surface area contributed by atoms with Gasteiger partial charge in [-0.15, -0.1) is 11.3 Å². The Balaban J connectivity index is 2.14. The molecule has 2 amide bonds. The quantitative estimate of drug-likeness (QED) is 0.870. The van der Waals surface area contributed by atoms with Crippen molar-refractivity contribution in [3.63, 3.8) is 0 Å². The molecule has 0 saturated heterocycles. The molecule has 1 heterocycles. The first-order valence-corrected chi connectivity index (χ1v) is 8.83. The fraction of sp³-hybridized carbons (Fsp3) is 0.444. The number of carbonyl (C=O) groups excluding carboxylic acids is 1. The van der Waals surface area contributed by atoms with Crippen LogP contribution >= 0.6 is 11.3 Å². The van der Waals surface area contributed by atoms with Gasteiger partial charge in [0.15, 0.2) is 0 Å². The van der Waals surface area contributed by atoms with Crippen molar-refractivity contribution in [2.75, 3.05) is 13.7 Å². The zero-order valence-corrected chi connectivity index (χ0v) is 15.6. The lowest BCUT2D eigenvalue weighted by Gasteiger charge is -2.25. The normalized spacial score (nSPS) is 13.4. The van der Waals surface area contributed by atoms with E-state index in [1.165, 1.54) is 10.5 Å². The number of hydrogen-bond donors (Lipinski definition) is 2. The van der Waals surface area contributed by atoms with E-state index in [0.29, 0.717) is 0 Å². The summed E-state index contributed by atoms with van der Waals surface area (Å²) in [5.74, 6) is 0. The van der Waals surface area contributed by atoms with Crippen LogP contribution in [0.25, 0.3) is 10.6 Å². The zero-order valence-electron chi connectivity index (χ0n) is 14.8. The van der Waals surface area contributed by atoms with Crippen molar-refractivity contribution in [3.05, 3.63) is 40.4 Å². The molecule has 0 saturated carbocycles. The zero-order chi connectivity index (χ0) is 17.9. The van der Waals surface area contributed by atoms with Gasteiger partial charge in [-0.25, -0.2) is 9.78 Å². The molecule has 130 valence electrons. The number of urea groups is 1. The van der Waals surface area contributed by atoms with Gasteiger partial charge in [-0.1, -0.05) is 29.8 Å². The van der Waals surface area contributed by atoms with Crippen molar-refractivity contribution >= 4 is 17.4 Å². The molecule has 0 aliphatic rings. The molecule has 1 aromatic carbocycles. The van der Waals surface area contributed by atoms with E-state index in [1.54, 1.807) is 25.3 Å². The fourth-order valence-corrected chi connectivity index (χ4v) is 3.38. The number of thiazole rings is 1. The molecule has 0 radical (unpaired) electrons. The Bertz CT molecular complexity index is 697. The van der Waals surface area contributed by atoms with Gasteiger partial charge in [0.05, 0.1) is 29.3 Å². The van der Waals surface area contributed by atoms with Gasteiger partial charge in [0.25, 0.3) is 0 Å². The molecule has 2 atom stereocenters. The van der Waals surface area contributed by atoms with Gasteiger partial charge in [-0.3, -0.25) is 0 Å². The number of aliphatic hydroxyl groups excluding tert-OH is 1. The number of benzene rings is 1. The van der Waals surface area contributed by atoms with E-state index < -0.39 is 0 Å². The summed E-state index contributed by atoms with van der Waals surface area (Å²) < 4.78 is 0. The van der Waals surface area contributed by atoms with Crippen molar-refractivity contribution < 1.29 is 9.90 Å². The summed E-state index contributed by atoms with van der Waals surface area (Å²) in [4.78, 5) is 19.4. The van der Waals surface area contributed by atoms with Crippen molar-refractivity contribution in [1.29, 1.82) is 0 Å². The number of aliphatic hydroxyl groups is 1. The molecule has 0 spiro atoms. The van der Waals surface area contributed by atoms with Crippen LogP contribution in [0, 0.1) is 13.8 Å². The van der Waals surface area contributed by atoms with Crippen molar-refractivity contribution in [1.82, 2.24) is 15.2 Å². The molecule has 0 bridgehead atoms. The van der Waals surface area contributed by atoms with Gasteiger partial charge in [-0.05, 0) is 27.7 Å². The third-order valence-corrected chi connectivity index (χ3v) is 5.50. The predicted molar refractivity (Wildman–Crippen MR) is 98.3 cm³/mol. The maximum atomic E-state index is 12.2. The Hall–Kier alpha value is -1.92. The van der Waals surface area contributed by atoms with Crippen molar-refractivity contribution in [3.8, 4) is 10.6 Å². The molecule has 1 aromatic heterocycles. The van der Waals surface area contributed by atoms with Gasteiger partial charge in [-0.2, -0.15) is 0 Å². The average Bonchev–Trinajstić information content (AvgIpc) is 2.95. The Labute approximate surface area is 147 Å². The minimum atomic E-state index is -0.220. The second-order valence-corrected chi connectivity index (χ2v) is 7.18. The van der Waals surface area contributed by atoms with E-state index in [-0.39, 0.29) is 24.7 Å². The fourth-order valence-electron chi connectivity index (χ4n) is 2.30. The SMILES string of the molecule is Cc1ccc(-c2nc(C)c(C(C)NC(=O)N(C)C(C)CO)s2)cc1. The van der Waals surface area contributed by atoms with E-state index in [1.807, 2.05) is 13.8 Å². The van der Waals surface area contributed by atoms with Crippen molar-refractivity contribution in [2.45, 2.75) is 39.8 Å². The van der Waals surface area contributed by atoms with Crippen LogP contribution in [-0.4, -0.2) is 40.7 Å². The third kappa shape index (κ3) is 4.13. The first-order chi connectivity index (χ1) is 11.3. The number of aryl methyl sites for hydroxylation is 2. The topological polar surface area (TPSA) is 65.5 Å². The van der Waals surface area contributed by atoms with E-state index in [4.69, 9.17) is 5.11 Å². The number of aromatic nitrogens is 1. The van der Waals surface area contributed by atoms with E-state index >= 15 is 0 Å². The Morgan fingerprint density at radius 1 is 1.29 bits per heavy atom. The molecule has 5 nitrogen and oxygen atoms in total. The lowest BCUT2D eigenvalue weighted by molar-refractivity contribution is 0.155. The van der Waals surface area contributed by atoms with Gasteiger partial charge < -0.3 is 15.3 Å². The number of nitrogens with zero attached hydrogens (tertiary/aromatic N) is 2. The molecule has 0 aliphatic carbocycles. The summed E-state index contributed by atoms with van der Waals surface area (Å²) in [5, 5.41) is 13.1. The number of carbonyl (C=O) groups is 1. The summed E-state index contributed by atoms with van der Waals surface area (Å²) in [6.07, 6.45) is 0. The van der Waals surface area contributed by atoms with Crippen LogP contribution in [0.1, 0.15) is 36.0 Å². The number of amides is 2. The van der Waals surface area contributed by atoms with Crippen LogP contribution in [0.4, 0.5) is 4.79 Å². The monoisotopic (exact) mass is 347 g/mol. The van der Waals surface area contributed by atoms with Crippen LogP contribution in [0.3, 0.4) is 0 Å². The standard InChI is InChI=1S/C18H25N3O2S/c1-11-6-8-15(9-7-11)17-19-13(3)16(24-17)14(4)20-18(23)21(5)12(2)10-22/h6-9,12,14,22H,10H2,1-5H3,(H,20,23). The van der Waals surface area contributed by atoms with Crippen LogP contribution < -0.4 is 5.32 Å². The molecular formula is C18H25N3O2S. The molecule has 0 aliphatic heterocycles. The van der Waals surface area contributed by atoms with Crippen LogP contribution in [-0.2, 0) is 0 Å². The first kappa shape index (κ1) is 18.4. The van der Waals surface area contributed by atoms with E-state index in [2.05, 4.69) is 41.5 Å². The van der Waals surface area contributed by atoms with Crippen LogP contribution in [0.15, 0.2) is 24.3 Å². The lowest BCUT2D eigenvalue weighted by Crippen LogP contribution is -2.44. The van der Waals surface area contributed by atoms with Gasteiger partial charge in [0.2, 0.25) is 0 Å². The highest BCUT2D eigenvalue weighted by Crippen LogP contribution is 2.31. The summed E-state index contributed by atoms with van der Waals surface area (Å²) in [6.45, 7) is 7.72. The largest absolute Gasteiger partial charge is 0.394 e. The van der Waals surface area contributed by atoms with E-state index in [9.17, 15) is 4.79 Å². The van der Waals surface area contributed by atoms with Crippen LogP contribution in [0.2, 0.25) is 0 Å². The molecular weight excluding hydrogens is 322 g/mol. The summed E-state index contributed by atoms with van der Waals surface area (Å²) in [5.41, 5.74) is 3.24.